The zero-order chi connectivity index (χ0) is 9.98. The van der Waals surface area contributed by atoms with E-state index in [4.69, 9.17) is 0 Å². The minimum atomic E-state index is 0.833. The van der Waals surface area contributed by atoms with Crippen LogP contribution in [0, 0.1) is 5.92 Å². The van der Waals surface area contributed by atoms with Gasteiger partial charge >= 0.3 is 0 Å². The van der Waals surface area contributed by atoms with Crippen LogP contribution in [0.1, 0.15) is 60.8 Å². The zero-order valence-corrected chi connectivity index (χ0v) is 9.78. The number of hydrogen-bond acceptors (Lipinski definition) is 0. The Bertz CT molecular complexity index is 95.9. The first kappa shape index (κ1) is 14.3. The average molecular weight is 170 g/mol. The predicted octanol–water partition coefficient (Wildman–Crippen LogP) is 4.81. The van der Waals surface area contributed by atoms with E-state index in [1.165, 1.54) is 24.8 Å². The molecule has 0 N–H and O–H groups in total. The van der Waals surface area contributed by atoms with Crippen molar-refractivity contribution in [2.45, 2.75) is 60.8 Å². The summed E-state index contributed by atoms with van der Waals surface area (Å²) in [4.78, 5) is 0. The molecule has 0 aliphatic rings. The van der Waals surface area contributed by atoms with Crippen LogP contribution in [-0.2, 0) is 0 Å². The van der Waals surface area contributed by atoms with Gasteiger partial charge in [-0.05, 0) is 25.7 Å². The van der Waals surface area contributed by atoms with Crippen molar-refractivity contribution in [1.82, 2.24) is 0 Å². The molecule has 12 heavy (non-hydrogen) atoms. The van der Waals surface area contributed by atoms with Crippen molar-refractivity contribution < 1.29 is 0 Å². The Kier molecular flexibility index (Phi) is 12.8. The number of allylic oxidation sites excluding steroid dienone is 2. The monoisotopic (exact) mass is 170 g/mol. The fraction of sp³-hybridized carbons (Fsp3) is 0.833. The van der Waals surface area contributed by atoms with Crippen LogP contribution in [0.2, 0.25) is 0 Å². The van der Waals surface area contributed by atoms with Gasteiger partial charge in [0.15, 0.2) is 0 Å². The van der Waals surface area contributed by atoms with Crippen molar-refractivity contribution in [3.8, 4) is 0 Å². The highest BCUT2D eigenvalue weighted by Gasteiger charge is 1.79. The van der Waals surface area contributed by atoms with Crippen LogP contribution < -0.4 is 0 Å². The predicted molar refractivity (Wildman–Crippen MR) is 59.5 cm³/mol. The van der Waals surface area contributed by atoms with Gasteiger partial charge in [-0.1, -0.05) is 52.7 Å². The maximum absolute atomic E-state index is 2.32. The summed E-state index contributed by atoms with van der Waals surface area (Å²) in [7, 11) is 0. The van der Waals surface area contributed by atoms with Gasteiger partial charge in [0, 0.05) is 0 Å². The zero-order valence-electron chi connectivity index (χ0n) is 9.78. The summed E-state index contributed by atoms with van der Waals surface area (Å²) < 4.78 is 0. The molecular formula is C12H26. The Hall–Kier alpha value is -0.260. The van der Waals surface area contributed by atoms with Crippen molar-refractivity contribution in [3.63, 3.8) is 0 Å². The van der Waals surface area contributed by atoms with Crippen LogP contribution >= 0.6 is 0 Å². The first-order valence-corrected chi connectivity index (χ1v) is 5.20. The van der Waals surface area contributed by atoms with Gasteiger partial charge in [-0.25, -0.2) is 0 Å². The molecule has 0 radical (unpaired) electrons. The van der Waals surface area contributed by atoms with E-state index in [9.17, 15) is 0 Å². The SMILES string of the molecule is CC(C)C.CCC/C=C(/C)CC. The Morgan fingerprint density at radius 2 is 1.58 bits per heavy atom. The van der Waals surface area contributed by atoms with Crippen molar-refractivity contribution >= 4 is 0 Å². The molecule has 0 heterocycles. The van der Waals surface area contributed by atoms with Crippen LogP contribution in [0.4, 0.5) is 0 Å². The van der Waals surface area contributed by atoms with Crippen LogP contribution in [0.5, 0.6) is 0 Å². The summed E-state index contributed by atoms with van der Waals surface area (Å²) in [5, 5.41) is 0. The normalized spacial score (nSPS) is 11.1. The summed E-state index contributed by atoms with van der Waals surface area (Å²) in [6.07, 6.45) is 6.05. The van der Waals surface area contributed by atoms with E-state index >= 15 is 0 Å². The quantitative estimate of drug-likeness (QED) is 0.533. The lowest BCUT2D eigenvalue weighted by Gasteiger charge is -1.91. The molecule has 74 valence electrons. The molecule has 0 atom stereocenters. The summed E-state index contributed by atoms with van der Waals surface area (Å²) >= 11 is 0. The molecule has 0 aliphatic carbocycles. The lowest BCUT2D eigenvalue weighted by molar-refractivity contribution is 0.737. The van der Waals surface area contributed by atoms with E-state index in [0.717, 1.165) is 5.92 Å². The Morgan fingerprint density at radius 3 is 1.83 bits per heavy atom. The third-order valence-corrected chi connectivity index (χ3v) is 1.34. The van der Waals surface area contributed by atoms with Gasteiger partial charge in [-0.15, -0.1) is 0 Å². The highest BCUT2D eigenvalue weighted by Crippen LogP contribution is 2.00. The first-order valence-electron chi connectivity index (χ1n) is 5.20. The van der Waals surface area contributed by atoms with E-state index in [0.29, 0.717) is 0 Å². The van der Waals surface area contributed by atoms with Crippen molar-refractivity contribution in [1.29, 1.82) is 0 Å². The van der Waals surface area contributed by atoms with Gasteiger partial charge in [0.1, 0.15) is 0 Å². The van der Waals surface area contributed by atoms with Crippen molar-refractivity contribution in [2.24, 2.45) is 5.92 Å². The van der Waals surface area contributed by atoms with Gasteiger partial charge in [-0.2, -0.15) is 0 Å². The highest BCUT2D eigenvalue weighted by molar-refractivity contribution is 4.95. The van der Waals surface area contributed by atoms with E-state index in [-0.39, 0.29) is 0 Å². The van der Waals surface area contributed by atoms with E-state index < -0.39 is 0 Å². The van der Waals surface area contributed by atoms with Crippen LogP contribution in [0.25, 0.3) is 0 Å². The van der Waals surface area contributed by atoms with Gasteiger partial charge in [0.2, 0.25) is 0 Å². The molecule has 0 amide bonds. The summed E-state index contributed by atoms with van der Waals surface area (Å²) in [6.45, 7) is 13.1. The molecule has 0 fully saturated rings. The smallest absolute Gasteiger partial charge is 0.0351 e. The average Bonchev–Trinajstić information content (AvgIpc) is 1.99. The van der Waals surface area contributed by atoms with Crippen molar-refractivity contribution in [2.75, 3.05) is 0 Å². The molecule has 0 nitrogen and oxygen atoms in total. The van der Waals surface area contributed by atoms with Crippen LogP contribution in [-0.4, -0.2) is 0 Å². The lowest BCUT2D eigenvalue weighted by atomic mass is 10.2. The van der Waals surface area contributed by atoms with E-state index in [1.54, 1.807) is 0 Å². The first-order chi connectivity index (χ1) is 5.54. The third kappa shape index (κ3) is 22.6. The third-order valence-electron chi connectivity index (χ3n) is 1.34. The van der Waals surface area contributed by atoms with Crippen LogP contribution in [0.15, 0.2) is 11.6 Å². The molecule has 0 aromatic heterocycles. The molecule has 0 spiro atoms. The second-order valence-corrected chi connectivity index (χ2v) is 3.92. The Morgan fingerprint density at radius 1 is 1.17 bits per heavy atom. The second kappa shape index (κ2) is 10.7. The lowest BCUT2D eigenvalue weighted by Crippen LogP contribution is -1.70. The number of rotatable bonds is 3. The summed E-state index contributed by atoms with van der Waals surface area (Å²) in [6, 6.07) is 0. The molecule has 0 heteroatoms. The molecule has 0 bridgehead atoms. The fourth-order valence-electron chi connectivity index (χ4n) is 0.535. The molecular weight excluding hydrogens is 144 g/mol. The fourth-order valence-corrected chi connectivity index (χ4v) is 0.535. The van der Waals surface area contributed by atoms with Crippen LogP contribution in [0.3, 0.4) is 0 Å². The molecule has 0 aromatic carbocycles. The molecule has 0 aliphatic heterocycles. The minimum absolute atomic E-state index is 0.833. The van der Waals surface area contributed by atoms with E-state index in [1.807, 2.05) is 0 Å². The Labute approximate surface area is 79.1 Å². The van der Waals surface area contributed by atoms with Gasteiger partial charge < -0.3 is 0 Å². The second-order valence-electron chi connectivity index (χ2n) is 3.92. The van der Waals surface area contributed by atoms with Gasteiger partial charge in [-0.3, -0.25) is 0 Å². The van der Waals surface area contributed by atoms with Gasteiger partial charge in [0.25, 0.3) is 0 Å². The highest BCUT2D eigenvalue weighted by atomic mass is 13.9. The standard InChI is InChI=1S/C8H16.C4H10/c1-4-6-7-8(3)5-2;1-4(2)3/h7H,4-6H2,1-3H3;4H,1-3H3/b8-7-;. The maximum atomic E-state index is 2.32. The molecule has 0 rings (SSSR count). The number of hydrogen-bond donors (Lipinski definition) is 0. The maximum Gasteiger partial charge on any atom is -0.0351 e. The number of unbranched alkanes of at least 4 members (excludes halogenated alkanes) is 1. The van der Waals surface area contributed by atoms with Gasteiger partial charge in [0.05, 0.1) is 0 Å². The topological polar surface area (TPSA) is 0 Å². The molecule has 0 aromatic rings. The molecule has 0 unspecified atom stereocenters. The minimum Gasteiger partial charge on any atom is -0.0856 e. The molecule has 0 saturated carbocycles. The molecule has 0 saturated heterocycles. The van der Waals surface area contributed by atoms with E-state index in [2.05, 4.69) is 47.6 Å². The van der Waals surface area contributed by atoms with Crippen molar-refractivity contribution in [3.05, 3.63) is 11.6 Å². The summed E-state index contributed by atoms with van der Waals surface area (Å²) in [5.41, 5.74) is 1.52. The Balaban J connectivity index is 0. The largest absolute Gasteiger partial charge is 0.0856 e. The summed E-state index contributed by atoms with van der Waals surface area (Å²) in [5.74, 6) is 0.833.